The van der Waals surface area contributed by atoms with Gasteiger partial charge in [-0.15, -0.1) is 0 Å². The summed E-state index contributed by atoms with van der Waals surface area (Å²) in [5.41, 5.74) is 6.95. The van der Waals surface area contributed by atoms with Crippen molar-refractivity contribution < 1.29 is 28.7 Å². The van der Waals surface area contributed by atoms with Crippen molar-refractivity contribution in [1.29, 1.82) is 0 Å². The van der Waals surface area contributed by atoms with Gasteiger partial charge in [0.25, 0.3) is 5.91 Å². The predicted octanol–water partition coefficient (Wildman–Crippen LogP) is 2.04. The number of alkyl carbamates (subject to hydrolysis) is 1. The van der Waals surface area contributed by atoms with Gasteiger partial charge in [-0.2, -0.15) is 0 Å². The number of amides is 4. The quantitative estimate of drug-likeness (QED) is 0.245. The summed E-state index contributed by atoms with van der Waals surface area (Å²) in [6.07, 6.45) is 3.11. The molecule has 1 aromatic carbocycles. The monoisotopic (exact) mass is 553 g/mol. The summed E-state index contributed by atoms with van der Waals surface area (Å²) in [5, 5.41) is 7.61. The van der Waals surface area contributed by atoms with Crippen LogP contribution in [0.4, 0.5) is 4.79 Å². The normalized spacial score (nSPS) is 13.8. The van der Waals surface area contributed by atoms with Crippen LogP contribution in [0, 0.1) is 11.8 Å². The lowest BCUT2D eigenvalue weighted by Crippen LogP contribution is -2.57. The smallest absolute Gasteiger partial charge is 0.408 e. The molecular formula is C29H39N5O6. The van der Waals surface area contributed by atoms with Crippen molar-refractivity contribution in [2.45, 2.75) is 71.7 Å². The van der Waals surface area contributed by atoms with E-state index in [1.54, 1.807) is 31.2 Å². The lowest BCUT2D eigenvalue weighted by Gasteiger charge is -2.27. The first-order valence-corrected chi connectivity index (χ1v) is 13.3. The number of Topliss-reactive ketones (excluding diaryl/α,β-unsaturated/α-hetero) is 1. The predicted molar refractivity (Wildman–Crippen MR) is 148 cm³/mol. The van der Waals surface area contributed by atoms with E-state index < -0.39 is 53.6 Å². The summed E-state index contributed by atoms with van der Waals surface area (Å²) in [5.74, 6) is -3.79. The molecule has 0 saturated heterocycles. The van der Waals surface area contributed by atoms with Crippen LogP contribution >= 0.6 is 0 Å². The molecule has 11 nitrogen and oxygen atoms in total. The summed E-state index contributed by atoms with van der Waals surface area (Å²) >= 11 is 0. The largest absolute Gasteiger partial charge is 0.445 e. The minimum absolute atomic E-state index is 0.0238. The third kappa shape index (κ3) is 10.5. The van der Waals surface area contributed by atoms with Gasteiger partial charge in [0.15, 0.2) is 0 Å². The first-order chi connectivity index (χ1) is 19.0. The summed E-state index contributed by atoms with van der Waals surface area (Å²) in [4.78, 5) is 67.8. The van der Waals surface area contributed by atoms with Gasteiger partial charge in [0.05, 0.1) is 6.04 Å². The molecule has 0 radical (unpaired) electrons. The topological polar surface area (TPSA) is 170 Å². The molecule has 1 heterocycles. The Morgan fingerprint density at radius 3 is 2.10 bits per heavy atom. The Balaban J connectivity index is 2.10. The van der Waals surface area contributed by atoms with Gasteiger partial charge in [-0.25, -0.2) is 4.79 Å². The van der Waals surface area contributed by atoms with Crippen molar-refractivity contribution in [1.82, 2.24) is 20.9 Å². The van der Waals surface area contributed by atoms with Crippen LogP contribution in [0.1, 0.15) is 51.7 Å². The zero-order chi connectivity index (χ0) is 29.7. The number of primary amides is 1. The molecule has 5 N–H and O–H groups in total. The number of ether oxygens (including phenoxy) is 1. The summed E-state index contributed by atoms with van der Waals surface area (Å²) < 4.78 is 5.26. The molecule has 0 aliphatic heterocycles. The fourth-order valence-electron chi connectivity index (χ4n) is 3.91. The molecule has 0 aliphatic rings. The minimum Gasteiger partial charge on any atom is -0.445 e. The average Bonchev–Trinajstić information content (AvgIpc) is 2.93. The maximum absolute atomic E-state index is 13.3. The van der Waals surface area contributed by atoms with Gasteiger partial charge in [0.2, 0.25) is 17.6 Å². The molecule has 0 spiro atoms. The van der Waals surface area contributed by atoms with Gasteiger partial charge in [-0.1, -0.05) is 64.4 Å². The number of nitrogens with one attached hydrogen (secondary N) is 3. The molecule has 4 unspecified atom stereocenters. The summed E-state index contributed by atoms with van der Waals surface area (Å²) in [6, 6.07) is 9.09. The number of nitrogens with two attached hydrogens (primary N) is 1. The molecule has 216 valence electrons. The first-order valence-electron chi connectivity index (χ1n) is 13.3. The number of ketones is 1. The van der Waals surface area contributed by atoms with Crippen molar-refractivity contribution in [2.75, 3.05) is 0 Å². The van der Waals surface area contributed by atoms with Crippen molar-refractivity contribution >= 4 is 29.6 Å². The Morgan fingerprint density at radius 2 is 1.52 bits per heavy atom. The van der Waals surface area contributed by atoms with Gasteiger partial charge in [0, 0.05) is 18.8 Å². The van der Waals surface area contributed by atoms with Crippen molar-refractivity contribution in [2.24, 2.45) is 17.6 Å². The Labute approximate surface area is 234 Å². The highest BCUT2D eigenvalue weighted by molar-refractivity contribution is 6.38. The van der Waals surface area contributed by atoms with Crippen LogP contribution in [0.2, 0.25) is 0 Å². The van der Waals surface area contributed by atoms with E-state index in [4.69, 9.17) is 10.5 Å². The maximum Gasteiger partial charge on any atom is 0.408 e. The number of aromatic nitrogens is 1. The number of nitrogens with zero attached hydrogens (tertiary/aromatic N) is 1. The van der Waals surface area contributed by atoms with Crippen LogP contribution in [0.3, 0.4) is 0 Å². The second kappa shape index (κ2) is 16.0. The molecule has 2 rings (SSSR count). The van der Waals surface area contributed by atoms with E-state index in [1.807, 2.05) is 39.0 Å². The Bertz CT molecular complexity index is 1140. The summed E-state index contributed by atoms with van der Waals surface area (Å²) in [7, 11) is 0. The number of carbonyl (C=O) groups is 5. The fraction of sp³-hybridized carbons (Fsp3) is 0.448. The highest BCUT2D eigenvalue weighted by Gasteiger charge is 2.35. The van der Waals surface area contributed by atoms with Gasteiger partial charge >= 0.3 is 6.09 Å². The van der Waals surface area contributed by atoms with E-state index in [9.17, 15) is 24.0 Å². The number of rotatable bonds is 15. The molecule has 0 fully saturated rings. The fourth-order valence-corrected chi connectivity index (χ4v) is 3.91. The Hall–Kier alpha value is -4.28. The molecule has 0 bridgehead atoms. The molecule has 1 aromatic heterocycles. The molecule has 4 amide bonds. The third-order valence-electron chi connectivity index (χ3n) is 6.38. The highest BCUT2D eigenvalue weighted by atomic mass is 16.5. The minimum atomic E-state index is -1.19. The highest BCUT2D eigenvalue weighted by Crippen LogP contribution is 2.13. The SMILES string of the molecule is CCC(C)C(NC(=O)C(CC(C)C)NC(=O)OCc1ccccc1)C(=O)C(=O)NC(Cc1ccncc1)C(N)=O. The van der Waals surface area contributed by atoms with E-state index in [2.05, 4.69) is 20.9 Å². The lowest BCUT2D eigenvalue weighted by atomic mass is 9.93. The molecule has 2 aromatic rings. The van der Waals surface area contributed by atoms with Gasteiger partial charge in [-0.3, -0.25) is 24.2 Å². The van der Waals surface area contributed by atoms with Crippen molar-refractivity contribution in [3.63, 3.8) is 0 Å². The molecule has 0 aliphatic carbocycles. The van der Waals surface area contributed by atoms with Crippen LogP contribution < -0.4 is 21.7 Å². The van der Waals surface area contributed by atoms with Gasteiger partial charge < -0.3 is 26.4 Å². The molecule has 11 heteroatoms. The van der Waals surface area contributed by atoms with Crippen LogP contribution in [-0.2, 0) is 36.9 Å². The zero-order valence-corrected chi connectivity index (χ0v) is 23.4. The average molecular weight is 554 g/mol. The lowest BCUT2D eigenvalue weighted by molar-refractivity contribution is -0.142. The molecule has 40 heavy (non-hydrogen) atoms. The number of hydrogen-bond acceptors (Lipinski definition) is 7. The molecule has 4 atom stereocenters. The number of carbonyl (C=O) groups excluding carboxylic acids is 5. The van der Waals surface area contributed by atoms with Crippen LogP contribution in [0.5, 0.6) is 0 Å². The van der Waals surface area contributed by atoms with E-state index in [0.717, 1.165) is 5.56 Å². The van der Waals surface area contributed by atoms with Crippen LogP contribution in [0.25, 0.3) is 0 Å². The van der Waals surface area contributed by atoms with E-state index in [1.165, 1.54) is 12.4 Å². The van der Waals surface area contributed by atoms with Gasteiger partial charge in [0.1, 0.15) is 18.7 Å². The first kappa shape index (κ1) is 31.9. The van der Waals surface area contributed by atoms with Crippen molar-refractivity contribution in [3.05, 3.63) is 66.0 Å². The third-order valence-corrected chi connectivity index (χ3v) is 6.38. The standard InChI is InChI=1S/C29H39N5O6/c1-5-19(4)24(25(35)28(38)32-22(26(30)36)16-20-11-13-31-14-12-20)34-27(37)23(15-18(2)3)33-29(39)40-17-21-9-7-6-8-10-21/h6-14,18-19,22-24H,5,15-17H2,1-4H3,(H2,30,36)(H,32,38)(H,33,39)(H,34,37). The Kier molecular flexibility index (Phi) is 12.7. The van der Waals surface area contributed by atoms with Crippen molar-refractivity contribution in [3.8, 4) is 0 Å². The van der Waals surface area contributed by atoms with E-state index in [0.29, 0.717) is 12.0 Å². The maximum atomic E-state index is 13.3. The number of pyridine rings is 1. The Morgan fingerprint density at radius 1 is 0.875 bits per heavy atom. The van der Waals surface area contributed by atoms with Crippen LogP contribution in [0.15, 0.2) is 54.9 Å². The number of hydrogen-bond donors (Lipinski definition) is 4. The molecular weight excluding hydrogens is 514 g/mol. The van der Waals surface area contributed by atoms with Crippen LogP contribution in [-0.4, -0.2) is 52.7 Å². The van der Waals surface area contributed by atoms with E-state index in [-0.39, 0.29) is 25.4 Å². The second-order valence-corrected chi connectivity index (χ2v) is 10.1. The van der Waals surface area contributed by atoms with Gasteiger partial charge in [-0.05, 0) is 41.5 Å². The second-order valence-electron chi connectivity index (χ2n) is 10.1. The molecule has 0 saturated carbocycles. The summed E-state index contributed by atoms with van der Waals surface area (Å²) in [6.45, 7) is 7.33. The zero-order valence-electron chi connectivity index (χ0n) is 23.4. The van der Waals surface area contributed by atoms with E-state index >= 15 is 0 Å². The number of benzene rings is 1.